The molecule has 2 heterocycles. The molecule has 23 heavy (non-hydrogen) atoms. The molecule has 3 N–H and O–H groups in total. The van der Waals surface area contributed by atoms with Crippen LogP contribution in [0, 0.1) is 16.0 Å². The average Bonchev–Trinajstić information content (AvgIpc) is 2.59. The molecule has 0 aromatic carbocycles. The first-order chi connectivity index (χ1) is 11.0. The number of hydrogen-bond donors (Lipinski definition) is 3. The minimum Gasteiger partial charge on any atom is -0.394 e. The minimum absolute atomic E-state index is 0.0155. The second-order valence-corrected chi connectivity index (χ2v) is 5.50. The topological polar surface area (TPSA) is 129 Å². The van der Waals surface area contributed by atoms with Crippen LogP contribution < -0.4 is 10.2 Å². The highest BCUT2D eigenvalue weighted by Crippen LogP contribution is 2.23. The largest absolute Gasteiger partial charge is 0.394 e. The van der Waals surface area contributed by atoms with Crippen molar-refractivity contribution in [3.05, 3.63) is 28.4 Å². The zero-order valence-electron chi connectivity index (χ0n) is 12.6. The number of nitro groups is 1. The van der Waals surface area contributed by atoms with Gasteiger partial charge in [-0.2, -0.15) is 0 Å². The molecule has 0 unspecified atom stereocenters. The van der Waals surface area contributed by atoms with Gasteiger partial charge in [0.1, 0.15) is 12.0 Å². The van der Waals surface area contributed by atoms with Crippen molar-refractivity contribution < 1.29 is 19.9 Å². The van der Waals surface area contributed by atoms with E-state index in [9.17, 15) is 20.0 Å². The molecule has 9 heteroatoms. The van der Waals surface area contributed by atoms with Crippen LogP contribution in [-0.4, -0.2) is 58.4 Å². The van der Waals surface area contributed by atoms with Crippen LogP contribution in [-0.2, 0) is 4.79 Å². The van der Waals surface area contributed by atoms with Crippen LogP contribution in [0.3, 0.4) is 0 Å². The summed E-state index contributed by atoms with van der Waals surface area (Å²) in [6, 6.07) is 2.97. The predicted molar refractivity (Wildman–Crippen MR) is 81.9 cm³/mol. The number of nitrogens with one attached hydrogen (secondary N) is 1. The molecule has 0 aliphatic carbocycles. The standard InChI is InChI=1S/C14H20N4O5/c19-9-12(20)7-16-14(21)10-2-1-5-17(8-10)13-4-3-11(6-15-13)18(22)23/h3-4,6,10,12,19-20H,1-2,5,7-9H2,(H,16,21)/t10-,12-/m0/s1. The summed E-state index contributed by atoms with van der Waals surface area (Å²) in [6.07, 6.45) is 1.77. The van der Waals surface area contributed by atoms with E-state index >= 15 is 0 Å². The monoisotopic (exact) mass is 324 g/mol. The molecule has 1 amide bonds. The molecule has 1 aromatic heterocycles. The van der Waals surface area contributed by atoms with Crippen molar-refractivity contribution in [3.63, 3.8) is 0 Å². The maximum atomic E-state index is 12.1. The summed E-state index contributed by atoms with van der Waals surface area (Å²) in [6.45, 7) is 0.811. The first-order valence-corrected chi connectivity index (χ1v) is 7.43. The van der Waals surface area contributed by atoms with E-state index in [1.54, 1.807) is 6.07 Å². The molecule has 0 saturated carbocycles. The Morgan fingerprint density at radius 3 is 2.96 bits per heavy atom. The Kier molecular flexibility index (Phi) is 5.83. The quantitative estimate of drug-likeness (QED) is 0.483. The highest BCUT2D eigenvalue weighted by Gasteiger charge is 2.26. The lowest BCUT2D eigenvalue weighted by atomic mass is 9.97. The van der Waals surface area contributed by atoms with E-state index in [1.165, 1.54) is 12.3 Å². The van der Waals surface area contributed by atoms with Gasteiger partial charge in [0.2, 0.25) is 5.91 Å². The Hall–Kier alpha value is -2.26. The lowest BCUT2D eigenvalue weighted by Crippen LogP contribution is -2.45. The number of aliphatic hydroxyl groups is 2. The van der Waals surface area contributed by atoms with Gasteiger partial charge in [0, 0.05) is 25.7 Å². The molecule has 1 aliphatic rings. The molecule has 1 aliphatic heterocycles. The third kappa shape index (κ3) is 4.60. The van der Waals surface area contributed by atoms with Gasteiger partial charge in [0.15, 0.2) is 0 Å². The van der Waals surface area contributed by atoms with Gasteiger partial charge < -0.3 is 20.4 Å². The maximum Gasteiger partial charge on any atom is 0.287 e. The summed E-state index contributed by atoms with van der Waals surface area (Å²) < 4.78 is 0. The molecule has 0 radical (unpaired) electrons. The SMILES string of the molecule is O=C(NC[C@H](O)CO)[C@H]1CCCN(c2ccc([N+](=O)[O-])cn2)C1. The summed E-state index contributed by atoms with van der Waals surface area (Å²) >= 11 is 0. The average molecular weight is 324 g/mol. The van der Waals surface area contributed by atoms with Crippen molar-refractivity contribution in [1.82, 2.24) is 10.3 Å². The zero-order chi connectivity index (χ0) is 16.8. The number of piperidine rings is 1. The van der Waals surface area contributed by atoms with Crippen LogP contribution in [0.15, 0.2) is 18.3 Å². The summed E-state index contributed by atoms with van der Waals surface area (Å²) in [5.74, 6) is 0.180. The van der Waals surface area contributed by atoms with Crippen LogP contribution in [0.5, 0.6) is 0 Å². The lowest BCUT2D eigenvalue weighted by Gasteiger charge is -2.32. The van der Waals surface area contributed by atoms with Gasteiger partial charge in [0.25, 0.3) is 5.69 Å². The smallest absolute Gasteiger partial charge is 0.287 e. The van der Waals surface area contributed by atoms with Crippen LogP contribution in [0.2, 0.25) is 0 Å². The summed E-state index contributed by atoms with van der Waals surface area (Å²) in [5.41, 5.74) is -0.0713. The Labute approximate surface area is 133 Å². The van der Waals surface area contributed by atoms with Gasteiger partial charge in [0.05, 0.1) is 23.6 Å². The number of anilines is 1. The van der Waals surface area contributed by atoms with Crippen LogP contribution in [0.4, 0.5) is 11.5 Å². The molecule has 126 valence electrons. The summed E-state index contributed by atoms with van der Waals surface area (Å²) in [7, 11) is 0. The van der Waals surface area contributed by atoms with Crippen molar-refractivity contribution in [1.29, 1.82) is 0 Å². The number of amides is 1. The van der Waals surface area contributed by atoms with E-state index in [4.69, 9.17) is 5.11 Å². The number of aromatic nitrogens is 1. The van der Waals surface area contributed by atoms with E-state index in [2.05, 4.69) is 10.3 Å². The summed E-state index contributed by atoms with van der Waals surface area (Å²) in [4.78, 5) is 28.2. The number of pyridine rings is 1. The minimum atomic E-state index is -0.963. The Balaban J connectivity index is 1.94. The van der Waals surface area contributed by atoms with Crippen molar-refractivity contribution in [2.75, 3.05) is 31.1 Å². The second-order valence-electron chi connectivity index (χ2n) is 5.50. The number of aliphatic hydroxyl groups excluding tert-OH is 2. The number of nitrogens with zero attached hydrogens (tertiary/aromatic N) is 3. The van der Waals surface area contributed by atoms with Gasteiger partial charge in [-0.25, -0.2) is 4.98 Å². The van der Waals surface area contributed by atoms with E-state index in [-0.39, 0.29) is 24.1 Å². The molecule has 1 fully saturated rings. The Morgan fingerprint density at radius 1 is 1.57 bits per heavy atom. The molecule has 9 nitrogen and oxygen atoms in total. The normalized spacial score (nSPS) is 19.2. The molecule has 0 spiro atoms. The van der Waals surface area contributed by atoms with E-state index in [0.717, 1.165) is 19.4 Å². The molecule has 0 bridgehead atoms. The van der Waals surface area contributed by atoms with Gasteiger partial charge in [-0.1, -0.05) is 0 Å². The predicted octanol–water partition coefficient (Wildman–Crippen LogP) is -0.324. The molecule has 2 rings (SSSR count). The second kappa shape index (κ2) is 7.84. The molecule has 1 saturated heterocycles. The summed E-state index contributed by atoms with van der Waals surface area (Å²) in [5, 5.41) is 31.3. The van der Waals surface area contributed by atoms with Crippen LogP contribution in [0.25, 0.3) is 0 Å². The Bertz CT molecular complexity index is 551. The van der Waals surface area contributed by atoms with Gasteiger partial charge in [-0.15, -0.1) is 0 Å². The van der Waals surface area contributed by atoms with E-state index in [0.29, 0.717) is 12.4 Å². The van der Waals surface area contributed by atoms with Crippen LogP contribution >= 0.6 is 0 Å². The first kappa shape index (κ1) is 17.1. The Morgan fingerprint density at radius 2 is 2.35 bits per heavy atom. The van der Waals surface area contributed by atoms with Gasteiger partial charge >= 0.3 is 0 Å². The zero-order valence-corrected chi connectivity index (χ0v) is 12.6. The van der Waals surface area contributed by atoms with Crippen LogP contribution in [0.1, 0.15) is 12.8 Å². The number of rotatable bonds is 6. The number of carbonyl (C=O) groups excluding carboxylic acids is 1. The highest BCUT2D eigenvalue weighted by molar-refractivity contribution is 5.79. The fraction of sp³-hybridized carbons (Fsp3) is 0.571. The van der Waals surface area contributed by atoms with E-state index in [1.807, 2.05) is 4.90 Å². The highest BCUT2D eigenvalue weighted by atomic mass is 16.6. The van der Waals surface area contributed by atoms with Gasteiger partial charge in [-0.3, -0.25) is 14.9 Å². The number of hydrogen-bond acceptors (Lipinski definition) is 7. The molecular formula is C14H20N4O5. The first-order valence-electron chi connectivity index (χ1n) is 7.43. The van der Waals surface area contributed by atoms with Crippen molar-refractivity contribution >= 4 is 17.4 Å². The van der Waals surface area contributed by atoms with Crippen molar-refractivity contribution in [3.8, 4) is 0 Å². The van der Waals surface area contributed by atoms with Crippen molar-refractivity contribution in [2.24, 2.45) is 5.92 Å². The third-order valence-electron chi connectivity index (χ3n) is 3.78. The van der Waals surface area contributed by atoms with Gasteiger partial charge in [-0.05, 0) is 18.9 Å². The fourth-order valence-corrected chi connectivity index (χ4v) is 2.50. The molecular weight excluding hydrogens is 304 g/mol. The molecule has 2 atom stereocenters. The third-order valence-corrected chi connectivity index (χ3v) is 3.78. The fourth-order valence-electron chi connectivity index (χ4n) is 2.50. The maximum absolute atomic E-state index is 12.1. The lowest BCUT2D eigenvalue weighted by molar-refractivity contribution is -0.385. The molecule has 1 aromatic rings. The number of carbonyl (C=O) groups is 1. The van der Waals surface area contributed by atoms with Crippen molar-refractivity contribution in [2.45, 2.75) is 18.9 Å². The van der Waals surface area contributed by atoms with E-state index < -0.39 is 17.6 Å².